The molecule has 1 aliphatic heterocycles. The van der Waals surface area contributed by atoms with Gasteiger partial charge in [0.2, 0.25) is 0 Å². The lowest BCUT2D eigenvalue weighted by molar-refractivity contribution is 0.0231. The first kappa shape index (κ1) is 28.3. The Balaban J connectivity index is 0.00000512. The van der Waals surface area contributed by atoms with Crippen LogP contribution in [0.2, 0.25) is 0 Å². The van der Waals surface area contributed by atoms with Crippen molar-refractivity contribution in [2.45, 2.75) is 71.6 Å². The maximum Gasteiger partial charge on any atom is 0.410 e. The predicted octanol–water partition coefficient (Wildman–Crippen LogP) is 3.87. The molecule has 0 radical (unpaired) electrons. The number of guanidine groups is 1. The molecule has 0 aromatic carbocycles. The van der Waals surface area contributed by atoms with Gasteiger partial charge in [0.25, 0.3) is 0 Å². The van der Waals surface area contributed by atoms with Gasteiger partial charge >= 0.3 is 6.09 Å². The highest BCUT2D eigenvalue weighted by Crippen LogP contribution is 2.17. The average molecular weight is 561 g/mol. The Labute approximate surface area is 210 Å². The van der Waals surface area contributed by atoms with Gasteiger partial charge in [-0.25, -0.2) is 9.78 Å². The van der Waals surface area contributed by atoms with E-state index in [9.17, 15) is 4.79 Å². The lowest BCUT2D eigenvalue weighted by Gasteiger charge is -2.33. The molecule has 0 aliphatic carbocycles. The topological polar surface area (TPSA) is 82.1 Å². The van der Waals surface area contributed by atoms with Gasteiger partial charge < -0.3 is 25.2 Å². The average Bonchev–Trinajstić information content (AvgIpc) is 2.73. The molecule has 1 fully saturated rings. The molecule has 0 spiro atoms. The fraction of sp³-hybridized carbons (Fsp3) is 0.696. The van der Waals surface area contributed by atoms with Crippen LogP contribution in [0.1, 0.15) is 53.9 Å². The number of ether oxygens (including phenoxy) is 1. The molecular weight excluding hydrogens is 519 g/mol. The van der Waals surface area contributed by atoms with Gasteiger partial charge in [-0.2, -0.15) is 0 Å². The van der Waals surface area contributed by atoms with Gasteiger partial charge in [0.15, 0.2) is 5.96 Å². The molecule has 1 saturated heterocycles. The van der Waals surface area contributed by atoms with Gasteiger partial charge in [-0.05, 0) is 66.0 Å². The van der Waals surface area contributed by atoms with Crippen molar-refractivity contribution in [3.63, 3.8) is 0 Å². The van der Waals surface area contributed by atoms with Crippen LogP contribution in [0.5, 0.6) is 0 Å². The molecule has 8 nitrogen and oxygen atoms in total. The quantitative estimate of drug-likeness (QED) is 0.300. The third-order valence-corrected chi connectivity index (χ3v) is 5.31. The molecule has 2 rings (SSSR count). The van der Waals surface area contributed by atoms with Crippen LogP contribution in [-0.4, -0.2) is 72.8 Å². The zero-order valence-electron chi connectivity index (χ0n) is 20.4. The Bertz CT molecular complexity index is 702. The van der Waals surface area contributed by atoms with Crippen molar-refractivity contribution in [1.29, 1.82) is 0 Å². The molecular formula is C23H41IN6O2. The van der Waals surface area contributed by atoms with Crippen LogP contribution >= 0.6 is 24.0 Å². The van der Waals surface area contributed by atoms with Gasteiger partial charge in [0.1, 0.15) is 11.4 Å². The molecule has 1 atom stereocenters. The smallest absolute Gasteiger partial charge is 0.410 e. The summed E-state index contributed by atoms with van der Waals surface area (Å²) in [6.45, 7) is 13.1. The van der Waals surface area contributed by atoms with Gasteiger partial charge in [-0.3, -0.25) is 4.99 Å². The molecule has 9 heteroatoms. The second-order valence-electron chi connectivity index (χ2n) is 9.08. The molecule has 1 amide bonds. The van der Waals surface area contributed by atoms with E-state index in [0.717, 1.165) is 50.7 Å². The van der Waals surface area contributed by atoms with Crippen molar-refractivity contribution in [3.8, 4) is 0 Å². The lowest BCUT2D eigenvalue weighted by Crippen LogP contribution is -2.49. The third kappa shape index (κ3) is 9.79. The number of anilines is 1. The Morgan fingerprint density at radius 3 is 2.59 bits per heavy atom. The summed E-state index contributed by atoms with van der Waals surface area (Å²) in [5.74, 6) is 1.88. The van der Waals surface area contributed by atoms with Crippen LogP contribution < -0.4 is 15.5 Å². The standard InChI is InChI=1S/C23H40N6O2.HI/c1-7-24-21(26-15-11-18(2)28(6)22(30)31-23(3,4)5)27-19-12-16-29(17-13-19)20-10-8-9-14-25-20;/h8-10,14,18-19H,7,11-13,15-17H2,1-6H3,(H2,24,26,27);1H. The maximum absolute atomic E-state index is 12.2. The number of rotatable bonds is 7. The number of piperidine rings is 1. The minimum Gasteiger partial charge on any atom is -0.444 e. The fourth-order valence-corrected chi connectivity index (χ4v) is 3.38. The first-order chi connectivity index (χ1) is 14.7. The number of aliphatic imine (C=N–C) groups is 1. The molecule has 1 unspecified atom stereocenters. The molecule has 2 N–H and O–H groups in total. The lowest BCUT2D eigenvalue weighted by atomic mass is 10.1. The van der Waals surface area contributed by atoms with E-state index < -0.39 is 5.60 Å². The highest BCUT2D eigenvalue weighted by Gasteiger charge is 2.23. The van der Waals surface area contributed by atoms with Gasteiger partial charge in [0, 0.05) is 51.5 Å². The van der Waals surface area contributed by atoms with Gasteiger partial charge in [-0.1, -0.05) is 6.07 Å². The molecule has 182 valence electrons. The Kier molecular flexibility index (Phi) is 12.1. The second kappa shape index (κ2) is 13.7. The Morgan fingerprint density at radius 1 is 1.34 bits per heavy atom. The number of amides is 1. The van der Waals surface area contributed by atoms with Crippen molar-refractivity contribution in [1.82, 2.24) is 20.5 Å². The van der Waals surface area contributed by atoms with Crippen LogP contribution in [0.4, 0.5) is 10.6 Å². The molecule has 1 aromatic rings. The third-order valence-electron chi connectivity index (χ3n) is 5.31. The number of carbonyl (C=O) groups is 1. The molecule has 0 saturated carbocycles. The molecule has 1 aromatic heterocycles. The van der Waals surface area contributed by atoms with Crippen LogP contribution in [0.3, 0.4) is 0 Å². The first-order valence-electron chi connectivity index (χ1n) is 11.4. The Morgan fingerprint density at radius 2 is 2.03 bits per heavy atom. The van der Waals surface area contributed by atoms with E-state index in [1.54, 1.807) is 11.9 Å². The van der Waals surface area contributed by atoms with E-state index in [4.69, 9.17) is 9.73 Å². The highest BCUT2D eigenvalue weighted by molar-refractivity contribution is 14.0. The summed E-state index contributed by atoms with van der Waals surface area (Å²) < 4.78 is 5.45. The number of carbonyl (C=O) groups excluding carboxylic acids is 1. The number of hydrogen-bond donors (Lipinski definition) is 2. The summed E-state index contributed by atoms with van der Waals surface area (Å²) in [7, 11) is 1.78. The van der Waals surface area contributed by atoms with Gasteiger partial charge in [-0.15, -0.1) is 24.0 Å². The second-order valence-corrected chi connectivity index (χ2v) is 9.08. The minimum atomic E-state index is -0.489. The first-order valence-corrected chi connectivity index (χ1v) is 11.4. The van der Waals surface area contributed by atoms with Crippen molar-refractivity contribution in [2.75, 3.05) is 38.1 Å². The summed E-state index contributed by atoms with van der Waals surface area (Å²) in [5, 5.41) is 6.91. The van der Waals surface area contributed by atoms with Crippen LogP contribution in [0, 0.1) is 0 Å². The highest BCUT2D eigenvalue weighted by atomic mass is 127. The fourth-order valence-electron chi connectivity index (χ4n) is 3.38. The van der Waals surface area contributed by atoms with E-state index in [1.807, 2.05) is 46.0 Å². The summed E-state index contributed by atoms with van der Waals surface area (Å²) in [5.41, 5.74) is -0.489. The largest absolute Gasteiger partial charge is 0.444 e. The summed E-state index contributed by atoms with van der Waals surface area (Å²) in [4.78, 5) is 25.4. The van der Waals surface area contributed by atoms with Gasteiger partial charge in [0.05, 0.1) is 0 Å². The van der Waals surface area contributed by atoms with Crippen LogP contribution in [0.25, 0.3) is 0 Å². The number of halogens is 1. The number of aromatic nitrogens is 1. The van der Waals surface area contributed by atoms with E-state index in [-0.39, 0.29) is 36.1 Å². The molecule has 1 aliphatic rings. The number of nitrogens with one attached hydrogen (secondary N) is 2. The summed E-state index contributed by atoms with van der Waals surface area (Å²) in [6, 6.07) is 6.48. The number of nitrogens with zero attached hydrogens (tertiary/aromatic N) is 4. The monoisotopic (exact) mass is 560 g/mol. The number of pyridine rings is 1. The normalized spacial score (nSPS) is 16.1. The number of hydrogen-bond acceptors (Lipinski definition) is 5. The zero-order valence-corrected chi connectivity index (χ0v) is 22.8. The van der Waals surface area contributed by atoms with E-state index in [2.05, 4.69) is 33.5 Å². The summed E-state index contributed by atoms with van der Waals surface area (Å²) in [6.07, 6.45) is 4.40. The SMILES string of the molecule is CCNC(=NCCC(C)N(C)C(=O)OC(C)(C)C)NC1CCN(c2ccccn2)CC1.I. The van der Waals surface area contributed by atoms with Crippen molar-refractivity contribution < 1.29 is 9.53 Å². The predicted molar refractivity (Wildman–Crippen MR) is 142 cm³/mol. The van der Waals surface area contributed by atoms with E-state index in [1.165, 1.54) is 0 Å². The van der Waals surface area contributed by atoms with Crippen molar-refractivity contribution in [2.24, 2.45) is 4.99 Å². The van der Waals surface area contributed by atoms with Crippen LogP contribution in [0.15, 0.2) is 29.4 Å². The molecule has 32 heavy (non-hydrogen) atoms. The summed E-state index contributed by atoms with van der Waals surface area (Å²) >= 11 is 0. The van der Waals surface area contributed by atoms with Crippen molar-refractivity contribution >= 4 is 41.8 Å². The molecule has 2 heterocycles. The van der Waals surface area contributed by atoms with Crippen molar-refractivity contribution in [3.05, 3.63) is 24.4 Å². The zero-order chi connectivity index (χ0) is 22.9. The Hall–Kier alpha value is -1.78. The minimum absolute atomic E-state index is 0. The van der Waals surface area contributed by atoms with E-state index in [0.29, 0.717) is 12.6 Å². The van der Waals surface area contributed by atoms with Crippen LogP contribution in [-0.2, 0) is 4.74 Å². The maximum atomic E-state index is 12.2. The van der Waals surface area contributed by atoms with E-state index >= 15 is 0 Å². The molecule has 0 bridgehead atoms.